The first kappa shape index (κ1) is 13.6. The first-order valence-corrected chi connectivity index (χ1v) is 7.41. The van der Waals surface area contributed by atoms with Crippen LogP contribution in [0, 0.1) is 6.92 Å². The Morgan fingerprint density at radius 1 is 1.55 bits per heavy atom. The van der Waals surface area contributed by atoms with Gasteiger partial charge >= 0.3 is 0 Å². The molecular formula is C14H22N4O2. The van der Waals surface area contributed by atoms with Crippen molar-refractivity contribution >= 4 is 11.8 Å². The fourth-order valence-electron chi connectivity index (χ4n) is 2.76. The monoisotopic (exact) mass is 278 g/mol. The zero-order valence-electron chi connectivity index (χ0n) is 11.9. The predicted octanol–water partition coefficient (Wildman–Crippen LogP) is 1.14. The van der Waals surface area contributed by atoms with Gasteiger partial charge in [0.1, 0.15) is 0 Å². The molecule has 0 spiro atoms. The lowest BCUT2D eigenvalue weighted by Gasteiger charge is -2.24. The van der Waals surface area contributed by atoms with Crippen molar-refractivity contribution < 1.29 is 9.32 Å². The van der Waals surface area contributed by atoms with Gasteiger partial charge in [-0.15, -0.1) is 0 Å². The van der Waals surface area contributed by atoms with Crippen LogP contribution in [0.5, 0.6) is 0 Å². The highest BCUT2D eigenvalue weighted by molar-refractivity contribution is 5.91. The number of aromatic nitrogens is 1. The van der Waals surface area contributed by atoms with Crippen molar-refractivity contribution in [1.82, 2.24) is 15.4 Å². The zero-order chi connectivity index (χ0) is 13.9. The van der Waals surface area contributed by atoms with Crippen molar-refractivity contribution in [2.75, 3.05) is 25.0 Å². The van der Waals surface area contributed by atoms with Crippen molar-refractivity contribution in [3.63, 3.8) is 0 Å². The van der Waals surface area contributed by atoms with Gasteiger partial charge in [0.25, 0.3) is 0 Å². The fourth-order valence-corrected chi connectivity index (χ4v) is 2.76. The highest BCUT2D eigenvalue weighted by atomic mass is 16.5. The molecule has 6 nitrogen and oxygen atoms in total. The van der Waals surface area contributed by atoms with E-state index in [2.05, 4.69) is 20.7 Å². The Hall–Kier alpha value is -1.40. The van der Waals surface area contributed by atoms with Gasteiger partial charge in [-0.25, -0.2) is 0 Å². The van der Waals surface area contributed by atoms with E-state index in [1.54, 1.807) is 6.07 Å². The molecule has 1 aliphatic carbocycles. The second kappa shape index (κ2) is 5.93. The molecule has 1 aliphatic heterocycles. The summed E-state index contributed by atoms with van der Waals surface area (Å²) in [5.41, 5.74) is 0.773. The quantitative estimate of drug-likeness (QED) is 0.816. The first-order valence-electron chi connectivity index (χ1n) is 7.41. The van der Waals surface area contributed by atoms with Crippen LogP contribution >= 0.6 is 0 Å². The lowest BCUT2D eigenvalue weighted by atomic mass is 10.2. The van der Waals surface area contributed by atoms with Crippen molar-refractivity contribution in [2.24, 2.45) is 0 Å². The molecule has 0 radical (unpaired) electrons. The molecule has 0 aromatic carbocycles. The Morgan fingerprint density at radius 3 is 3.00 bits per heavy atom. The summed E-state index contributed by atoms with van der Waals surface area (Å²) in [5.74, 6) is 0.410. The van der Waals surface area contributed by atoms with E-state index in [4.69, 9.17) is 4.52 Å². The molecule has 2 heterocycles. The number of carbonyl (C=O) groups is 1. The molecule has 1 saturated carbocycles. The molecular weight excluding hydrogens is 256 g/mol. The third-order valence-electron chi connectivity index (χ3n) is 3.92. The third-order valence-corrected chi connectivity index (χ3v) is 3.92. The van der Waals surface area contributed by atoms with Crippen LogP contribution < -0.4 is 10.6 Å². The topological polar surface area (TPSA) is 70.4 Å². The number of amides is 1. The predicted molar refractivity (Wildman–Crippen MR) is 75.5 cm³/mol. The highest BCUT2D eigenvalue weighted by Gasteiger charge is 2.32. The van der Waals surface area contributed by atoms with Gasteiger partial charge in [-0.2, -0.15) is 0 Å². The number of rotatable bonds is 6. The summed E-state index contributed by atoms with van der Waals surface area (Å²) in [6.07, 6.45) is 4.88. The lowest BCUT2D eigenvalue weighted by molar-refractivity contribution is -0.117. The van der Waals surface area contributed by atoms with Crippen LogP contribution in [0.4, 0.5) is 5.88 Å². The maximum atomic E-state index is 12.1. The number of aryl methyl sites for hydroxylation is 1. The largest absolute Gasteiger partial charge is 0.338 e. The molecule has 1 aromatic heterocycles. The smallest absolute Gasteiger partial charge is 0.240 e. The number of hydrogen-bond acceptors (Lipinski definition) is 5. The molecule has 2 aliphatic rings. The molecule has 1 saturated heterocycles. The Kier molecular flexibility index (Phi) is 4.03. The summed E-state index contributed by atoms with van der Waals surface area (Å²) in [4.78, 5) is 14.4. The molecule has 2 fully saturated rings. The third kappa shape index (κ3) is 3.58. The zero-order valence-corrected chi connectivity index (χ0v) is 11.9. The van der Waals surface area contributed by atoms with E-state index >= 15 is 0 Å². The van der Waals surface area contributed by atoms with E-state index in [0.717, 1.165) is 18.8 Å². The molecule has 2 N–H and O–H groups in total. The van der Waals surface area contributed by atoms with E-state index < -0.39 is 0 Å². The number of nitrogens with one attached hydrogen (secondary N) is 2. The van der Waals surface area contributed by atoms with Gasteiger partial charge < -0.3 is 9.84 Å². The number of carbonyl (C=O) groups excluding carboxylic acids is 1. The number of anilines is 1. The van der Waals surface area contributed by atoms with Gasteiger partial charge in [-0.1, -0.05) is 5.16 Å². The van der Waals surface area contributed by atoms with Crippen molar-refractivity contribution in [2.45, 2.75) is 44.7 Å². The van der Waals surface area contributed by atoms with Crippen molar-refractivity contribution in [3.05, 3.63) is 11.8 Å². The highest BCUT2D eigenvalue weighted by Crippen LogP contribution is 2.27. The lowest BCUT2D eigenvalue weighted by Crippen LogP contribution is -2.42. The molecule has 1 unspecified atom stereocenters. The maximum absolute atomic E-state index is 12.1. The van der Waals surface area contributed by atoms with Crippen LogP contribution in [0.3, 0.4) is 0 Å². The Morgan fingerprint density at radius 2 is 2.40 bits per heavy atom. The molecule has 110 valence electrons. The molecule has 0 bridgehead atoms. The molecule has 3 rings (SSSR count). The average Bonchev–Trinajstić information content (AvgIpc) is 2.99. The van der Waals surface area contributed by atoms with Gasteiger partial charge in [0, 0.05) is 24.7 Å². The second-order valence-electron chi connectivity index (χ2n) is 5.83. The minimum absolute atomic E-state index is 0.0222. The Balaban J connectivity index is 1.51. The van der Waals surface area contributed by atoms with Gasteiger partial charge in [0.15, 0.2) is 0 Å². The Labute approximate surface area is 118 Å². The van der Waals surface area contributed by atoms with E-state index in [1.165, 1.54) is 25.7 Å². The molecule has 6 heteroatoms. The molecule has 1 aromatic rings. The molecule has 1 amide bonds. The first-order chi connectivity index (χ1) is 9.70. The van der Waals surface area contributed by atoms with E-state index in [0.29, 0.717) is 24.5 Å². The van der Waals surface area contributed by atoms with Crippen LogP contribution in [-0.2, 0) is 4.79 Å². The van der Waals surface area contributed by atoms with Crippen LogP contribution in [0.25, 0.3) is 0 Å². The van der Waals surface area contributed by atoms with Crippen molar-refractivity contribution in [1.29, 1.82) is 0 Å². The fraction of sp³-hybridized carbons (Fsp3) is 0.714. The molecule has 1 atom stereocenters. The van der Waals surface area contributed by atoms with Gasteiger partial charge in [-0.3, -0.25) is 15.0 Å². The minimum atomic E-state index is -0.0222. The summed E-state index contributed by atoms with van der Waals surface area (Å²) in [7, 11) is 0. The van der Waals surface area contributed by atoms with Crippen LogP contribution in [-0.4, -0.2) is 47.7 Å². The van der Waals surface area contributed by atoms with E-state index in [1.807, 2.05) is 6.92 Å². The van der Waals surface area contributed by atoms with Crippen LogP contribution in [0.1, 0.15) is 31.4 Å². The van der Waals surface area contributed by atoms with E-state index in [9.17, 15) is 4.79 Å². The summed E-state index contributed by atoms with van der Waals surface area (Å²) in [6.45, 7) is 4.34. The van der Waals surface area contributed by atoms with Gasteiger partial charge in [0.2, 0.25) is 11.8 Å². The summed E-state index contributed by atoms with van der Waals surface area (Å²) in [5, 5.41) is 10.0. The number of nitrogens with zero attached hydrogens (tertiary/aromatic N) is 2. The number of hydrogen-bond donors (Lipinski definition) is 2. The SMILES string of the molecule is Cc1cc(NC(=O)CN(CC2CCCN2)C2CC2)on1. The van der Waals surface area contributed by atoms with Crippen molar-refractivity contribution in [3.8, 4) is 0 Å². The summed E-state index contributed by atoms with van der Waals surface area (Å²) in [6, 6.07) is 2.85. The van der Waals surface area contributed by atoms with Crippen LogP contribution in [0.15, 0.2) is 10.6 Å². The van der Waals surface area contributed by atoms with E-state index in [-0.39, 0.29) is 5.91 Å². The second-order valence-corrected chi connectivity index (χ2v) is 5.83. The van der Waals surface area contributed by atoms with Gasteiger partial charge in [-0.05, 0) is 39.2 Å². The normalized spacial score (nSPS) is 22.4. The van der Waals surface area contributed by atoms with Crippen LogP contribution in [0.2, 0.25) is 0 Å². The average molecular weight is 278 g/mol. The standard InChI is InChI=1S/C14H22N4O2/c1-10-7-14(20-17-10)16-13(19)9-18(12-4-5-12)8-11-3-2-6-15-11/h7,11-12,15H,2-6,8-9H2,1H3,(H,16,19). The molecule has 20 heavy (non-hydrogen) atoms. The Bertz CT molecular complexity index is 463. The van der Waals surface area contributed by atoms with Gasteiger partial charge in [0.05, 0.1) is 12.2 Å². The summed E-state index contributed by atoms with van der Waals surface area (Å²) < 4.78 is 5.01. The minimum Gasteiger partial charge on any atom is -0.338 e. The maximum Gasteiger partial charge on any atom is 0.240 e. The summed E-state index contributed by atoms with van der Waals surface area (Å²) >= 11 is 0.